The first kappa shape index (κ1) is 15.9. The number of fused-ring (bicyclic) bond motifs is 3. The van der Waals surface area contributed by atoms with Gasteiger partial charge in [-0.25, -0.2) is 4.98 Å². The molecule has 0 amide bonds. The van der Waals surface area contributed by atoms with Gasteiger partial charge < -0.3 is 4.57 Å². The molecule has 0 aliphatic heterocycles. The number of aryl methyl sites for hydroxylation is 2. The van der Waals surface area contributed by atoms with Crippen LogP contribution in [0.15, 0.2) is 59.4 Å². The van der Waals surface area contributed by atoms with E-state index in [0.29, 0.717) is 11.6 Å². The van der Waals surface area contributed by atoms with Crippen LogP contribution in [0.4, 0.5) is 0 Å². The quantitative estimate of drug-likeness (QED) is 0.467. The van der Waals surface area contributed by atoms with Gasteiger partial charge in [-0.15, -0.1) is 0 Å². The Kier molecular flexibility index (Phi) is 3.81. The van der Waals surface area contributed by atoms with Crippen molar-refractivity contribution in [2.45, 2.75) is 20.4 Å². The molecule has 2 aromatic heterocycles. The van der Waals surface area contributed by atoms with Crippen LogP contribution in [-0.4, -0.2) is 9.55 Å². The predicted molar refractivity (Wildman–Crippen MR) is 104 cm³/mol. The lowest BCUT2D eigenvalue weighted by molar-refractivity contribution is 0.760. The third-order valence-electron chi connectivity index (χ3n) is 4.59. The second kappa shape index (κ2) is 6.01. The third kappa shape index (κ3) is 2.61. The average molecular weight is 349 g/mol. The van der Waals surface area contributed by atoms with Crippen molar-refractivity contribution in [1.29, 1.82) is 0 Å². The minimum atomic E-state index is 0.0248. The van der Waals surface area contributed by atoms with E-state index < -0.39 is 0 Å². The van der Waals surface area contributed by atoms with Crippen LogP contribution in [0.2, 0.25) is 5.02 Å². The molecule has 3 nitrogen and oxygen atoms in total. The molecule has 4 rings (SSSR count). The lowest BCUT2D eigenvalue weighted by Crippen LogP contribution is -2.17. The molecular weight excluding hydrogens is 332 g/mol. The van der Waals surface area contributed by atoms with E-state index in [1.54, 1.807) is 10.6 Å². The number of hydrogen-bond donors (Lipinski definition) is 0. The summed E-state index contributed by atoms with van der Waals surface area (Å²) >= 11 is 5.99. The molecule has 0 unspecified atom stereocenters. The van der Waals surface area contributed by atoms with Gasteiger partial charge in [0.1, 0.15) is 0 Å². The topological polar surface area (TPSA) is 34.9 Å². The van der Waals surface area contributed by atoms with Crippen molar-refractivity contribution >= 4 is 33.4 Å². The summed E-state index contributed by atoms with van der Waals surface area (Å²) in [4.78, 5) is 16.9. The Morgan fingerprint density at radius 3 is 2.48 bits per heavy atom. The molecule has 0 N–H and O–H groups in total. The summed E-state index contributed by atoms with van der Waals surface area (Å²) in [5, 5.41) is 2.83. The van der Waals surface area contributed by atoms with Crippen LogP contribution in [0.25, 0.3) is 33.1 Å². The lowest BCUT2D eigenvalue weighted by atomic mass is 10.0. The maximum atomic E-state index is 12.1. The van der Waals surface area contributed by atoms with Crippen molar-refractivity contribution in [3.8, 4) is 11.3 Å². The van der Waals surface area contributed by atoms with Crippen LogP contribution in [0.1, 0.15) is 12.5 Å². The van der Waals surface area contributed by atoms with E-state index in [1.165, 1.54) is 0 Å². The highest BCUT2D eigenvalue weighted by Crippen LogP contribution is 2.30. The molecule has 124 valence electrons. The van der Waals surface area contributed by atoms with Crippen molar-refractivity contribution in [2.24, 2.45) is 0 Å². The van der Waals surface area contributed by atoms with Crippen LogP contribution >= 0.6 is 11.6 Å². The van der Waals surface area contributed by atoms with Gasteiger partial charge in [-0.05, 0) is 55.8 Å². The third-order valence-corrected chi connectivity index (χ3v) is 4.84. The van der Waals surface area contributed by atoms with Crippen molar-refractivity contribution in [3.05, 3.63) is 75.5 Å². The number of halogens is 1. The van der Waals surface area contributed by atoms with Crippen molar-refractivity contribution in [2.75, 3.05) is 0 Å². The fourth-order valence-corrected chi connectivity index (χ4v) is 3.48. The molecule has 25 heavy (non-hydrogen) atoms. The van der Waals surface area contributed by atoms with E-state index >= 15 is 0 Å². The van der Waals surface area contributed by atoms with Gasteiger partial charge in [0.15, 0.2) is 0 Å². The first-order chi connectivity index (χ1) is 12.1. The molecule has 0 fully saturated rings. The maximum Gasteiger partial charge on any atom is 0.251 e. The molecule has 0 saturated carbocycles. The van der Waals surface area contributed by atoms with Gasteiger partial charge in [0, 0.05) is 34.0 Å². The SMILES string of the molecule is CCn1c(=O)ccc2c3cc(C)c(-c4ccc(Cl)cc4)nc3ccc21. The number of pyridine rings is 2. The Labute approximate surface area is 150 Å². The molecule has 0 spiro atoms. The van der Waals surface area contributed by atoms with Gasteiger partial charge in [-0.2, -0.15) is 0 Å². The predicted octanol–water partition coefficient (Wildman–Crippen LogP) is 5.20. The molecule has 0 aliphatic rings. The number of aromatic nitrogens is 2. The smallest absolute Gasteiger partial charge is 0.251 e. The minimum absolute atomic E-state index is 0.0248. The van der Waals surface area contributed by atoms with E-state index in [2.05, 4.69) is 13.0 Å². The van der Waals surface area contributed by atoms with E-state index in [1.807, 2.05) is 49.4 Å². The van der Waals surface area contributed by atoms with Gasteiger partial charge in [0.25, 0.3) is 5.56 Å². The van der Waals surface area contributed by atoms with Crippen LogP contribution in [-0.2, 0) is 6.54 Å². The summed E-state index contributed by atoms with van der Waals surface area (Å²) in [6.45, 7) is 4.69. The molecule has 0 atom stereocenters. The van der Waals surface area contributed by atoms with Gasteiger partial charge in [0.05, 0.1) is 16.7 Å². The lowest BCUT2D eigenvalue weighted by Gasteiger charge is -2.12. The maximum absolute atomic E-state index is 12.1. The van der Waals surface area contributed by atoms with Crippen molar-refractivity contribution in [1.82, 2.24) is 9.55 Å². The molecule has 4 aromatic rings. The fourth-order valence-electron chi connectivity index (χ4n) is 3.36. The molecule has 4 heteroatoms. The molecular formula is C21H17ClN2O. The Hall–Kier alpha value is -2.65. The van der Waals surface area contributed by atoms with Crippen molar-refractivity contribution < 1.29 is 0 Å². The molecule has 0 bridgehead atoms. The van der Waals surface area contributed by atoms with Gasteiger partial charge >= 0.3 is 0 Å². The molecule has 0 aliphatic carbocycles. The highest BCUT2D eigenvalue weighted by atomic mass is 35.5. The van der Waals surface area contributed by atoms with Crippen LogP contribution in [0.5, 0.6) is 0 Å². The van der Waals surface area contributed by atoms with Crippen LogP contribution in [0, 0.1) is 6.92 Å². The molecule has 0 saturated heterocycles. The molecule has 2 heterocycles. The zero-order valence-electron chi connectivity index (χ0n) is 14.1. The van der Waals surface area contributed by atoms with E-state index in [0.717, 1.165) is 38.6 Å². The summed E-state index contributed by atoms with van der Waals surface area (Å²) in [7, 11) is 0. The first-order valence-electron chi connectivity index (χ1n) is 8.28. The normalized spacial score (nSPS) is 11.3. The number of hydrogen-bond acceptors (Lipinski definition) is 2. The molecule has 2 aromatic carbocycles. The van der Waals surface area contributed by atoms with Gasteiger partial charge in [-0.1, -0.05) is 23.7 Å². The first-order valence-corrected chi connectivity index (χ1v) is 8.66. The Balaban J connectivity index is 2.02. The van der Waals surface area contributed by atoms with Crippen LogP contribution in [0.3, 0.4) is 0 Å². The molecule has 0 radical (unpaired) electrons. The van der Waals surface area contributed by atoms with Crippen LogP contribution < -0.4 is 5.56 Å². The standard InChI is InChI=1S/C21H17ClN2O/c1-3-24-19-10-9-18-17(16(19)8-11-20(24)25)12-13(2)21(23-18)14-4-6-15(22)7-5-14/h4-12H,3H2,1-2H3. The summed E-state index contributed by atoms with van der Waals surface area (Å²) in [5.41, 5.74) is 4.98. The number of benzene rings is 2. The highest BCUT2D eigenvalue weighted by molar-refractivity contribution is 6.30. The summed E-state index contributed by atoms with van der Waals surface area (Å²) in [5.74, 6) is 0. The summed E-state index contributed by atoms with van der Waals surface area (Å²) < 4.78 is 1.79. The summed E-state index contributed by atoms with van der Waals surface area (Å²) in [6, 6.07) is 17.4. The van der Waals surface area contributed by atoms with E-state index in [9.17, 15) is 4.79 Å². The zero-order chi connectivity index (χ0) is 17.6. The number of rotatable bonds is 2. The van der Waals surface area contributed by atoms with E-state index in [4.69, 9.17) is 16.6 Å². The average Bonchev–Trinajstić information content (AvgIpc) is 2.61. The van der Waals surface area contributed by atoms with Gasteiger partial charge in [-0.3, -0.25) is 4.79 Å². The minimum Gasteiger partial charge on any atom is -0.309 e. The number of nitrogens with zero attached hydrogens (tertiary/aromatic N) is 2. The van der Waals surface area contributed by atoms with Gasteiger partial charge in [0.2, 0.25) is 0 Å². The zero-order valence-corrected chi connectivity index (χ0v) is 14.8. The summed E-state index contributed by atoms with van der Waals surface area (Å²) in [6.07, 6.45) is 0. The highest BCUT2D eigenvalue weighted by Gasteiger charge is 2.10. The Bertz CT molecular complexity index is 1160. The Morgan fingerprint density at radius 1 is 1.00 bits per heavy atom. The van der Waals surface area contributed by atoms with Crippen molar-refractivity contribution in [3.63, 3.8) is 0 Å². The second-order valence-electron chi connectivity index (χ2n) is 6.14. The van der Waals surface area contributed by atoms with E-state index in [-0.39, 0.29) is 5.56 Å². The Morgan fingerprint density at radius 2 is 1.76 bits per heavy atom. The second-order valence-corrected chi connectivity index (χ2v) is 6.58. The monoisotopic (exact) mass is 348 g/mol. The fraction of sp³-hybridized carbons (Fsp3) is 0.143. The largest absolute Gasteiger partial charge is 0.309 e.